The van der Waals surface area contributed by atoms with Crippen LogP contribution in [-0.2, 0) is 14.4 Å². The van der Waals surface area contributed by atoms with Crippen molar-refractivity contribution in [3.63, 3.8) is 0 Å². The molecule has 0 aliphatic carbocycles. The predicted octanol–water partition coefficient (Wildman–Crippen LogP) is -1.16. The van der Waals surface area contributed by atoms with Gasteiger partial charge >= 0.3 is 0 Å². The molecule has 90 valence electrons. The lowest BCUT2D eigenvalue weighted by atomic mass is 10.0. The Morgan fingerprint density at radius 2 is 2.06 bits per heavy atom. The molecule has 16 heavy (non-hydrogen) atoms. The van der Waals surface area contributed by atoms with Crippen LogP contribution in [0, 0.1) is 5.92 Å². The fourth-order valence-electron chi connectivity index (χ4n) is 1.47. The minimum Gasteiger partial charge on any atom is -0.327 e. The van der Waals surface area contributed by atoms with E-state index >= 15 is 0 Å². The third-order valence-corrected chi connectivity index (χ3v) is 2.88. The number of rotatable bonds is 2. The average molecular weight is 227 g/mol. The molecule has 1 heterocycles. The number of hydrogen-bond donors (Lipinski definition) is 2. The van der Waals surface area contributed by atoms with Crippen molar-refractivity contribution in [2.24, 2.45) is 11.7 Å². The minimum absolute atomic E-state index is 0.0806. The van der Waals surface area contributed by atoms with E-state index < -0.39 is 23.8 Å². The van der Waals surface area contributed by atoms with Crippen LogP contribution < -0.4 is 11.1 Å². The predicted molar refractivity (Wildman–Crippen MR) is 57.1 cm³/mol. The smallest absolute Gasteiger partial charge is 0.249 e. The standard InChI is InChI=1S/C10H17N3O3/c1-5(6(2)11)10(16)13-4-8(14)12-9(15)7(13)3/h5-7H,4,11H2,1-3H3,(H,12,14,15). The number of nitrogens with two attached hydrogens (primary N) is 1. The lowest BCUT2D eigenvalue weighted by molar-refractivity contribution is -0.151. The van der Waals surface area contributed by atoms with Gasteiger partial charge in [0.15, 0.2) is 0 Å². The molecule has 1 saturated heterocycles. The number of piperazine rings is 1. The summed E-state index contributed by atoms with van der Waals surface area (Å²) in [7, 11) is 0. The summed E-state index contributed by atoms with van der Waals surface area (Å²) in [6.07, 6.45) is 0. The fourth-order valence-corrected chi connectivity index (χ4v) is 1.47. The van der Waals surface area contributed by atoms with Gasteiger partial charge in [-0.3, -0.25) is 19.7 Å². The van der Waals surface area contributed by atoms with Gasteiger partial charge in [-0.1, -0.05) is 6.92 Å². The van der Waals surface area contributed by atoms with E-state index in [2.05, 4.69) is 5.32 Å². The summed E-state index contributed by atoms with van der Waals surface area (Å²) in [6.45, 7) is 4.92. The molecule has 3 unspecified atom stereocenters. The summed E-state index contributed by atoms with van der Waals surface area (Å²) < 4.78 is 0. The molecular formula is C10H17N3O3. The molecule has 0 aromatic heterocycles. The van der Waals surface area contributed by atoms with Gasteiger partial charge in [0, 0.05) is 6.04 Å². The van der Waals surface area contributed by atoms with E-state index in [-0.39, 0.29) is 18.5 Å². The summed E-state index contributed by atoms with van der Waals surface area (Å²) in [5.41, 5.74) is 5.63. The van der Waals surface area contributed by atoms with Gasteiger partial charge in [-0.15, -0.1) is 0 Å². The summed E-state index contributed by atoms with van der Waals surface area (Å²) in [6, 6.07) is -0.925. The van der Waals surface area contributed by atoms with E-state index in [0.29, 0.717) is 0 Å². The molecule has 0 bridgehead atoms. The monoisotopic (exact) mass is 227 g/mol. The van der Waals surface area contributed by atoms with Crippen LogP contribution in [0.2, 0.25) is 0 Å². The molecule has 0 radical (unpaired) electrons. The number of carbonyl (C=O) groups is 3. The molecule has 1 rings (SSSR count). The molecular weight excluding hydrogens is 210 g/mol. The number of carbonyl (C=O) groups excluding carboxylic acids is 3. The molecule has 3 N–H and O–H groups in total. The van der Waals surface area contributed by atoms with Crippen molar-refractivity contribution in [3.05, 3.63) is 0 Å². The van der Waals surface area contributed by atoms with Crippen molar-refractivity contribution >= 4 is 17.7 Å². The van der Waals surface area contributed by atoms with Crippen LogP contribution in [0.4, 0.5) is 0 Å². The molecule has 3 atom stereocenters. The van der Waals surface area contributed by atoms with E-state index in [0.717, 1.165) is 0 Å². The minimum atomic E-state index is -0.619. The molecule has 1 aliphatic heterocycles. The van der Waals surface area contributed by atoms with Gasteiger partial charge in [-0.25, -0.2) is 0 Å². The molecule has 1 fully saturated rings. The third-order valence-electron chi connectivity index (χ3n) is 2.88. The maximum atomic E-state index is 12.0. The van der Waals surface area contributed by atoms with Gasteiger partial charge in [0.1, 0.15) is 12.6 Å². The summed E-state index contributed by atoms with van der Waals surface area (Å²) in [5.74, 6) is -1.55. The Morgan fingerprint density at radius 3 is 2.56 bits per heavy atom. The number of amides is 3. The largest absolute Gasteiger partial charge is 0.327 e. The maximum absolute atomic E-state index is 12.0. The van der Waals surface area contributed by atoms with E-state index in [1.54, 1.807) is 20.8 Å². The van der Waals surface area contributed by atoms with Gasteiger partial charge in [-0.2, -0.15) is 0 Å². The first-order valence-corrected chi connectivity index (χ1v) is 5.24. The van der Waals surface area contributed by atoms with Crippen LogP contribution in [0.15, 0.2) is 0 Å². The summed E-state index contributed by atoms with van der Waals surface area (Å²) in [4.78, 5) is 35.8. The highest BCUT2D eigenvalue weighted by Crippen LogP contribution is 2.12. The first-order chi connectivity index (χ1) is 7.34. The van der Waals surface area contributed by atoms with Gasteiger partial charge in [0.05, 0.1) is 5.92 Å². The number of nitrogens with one attached hydrogen (secondary N) is 1. The van der Waals surface area contributed by atoms with E-state index in [1.807, 2.05) is 0 Å². The molecule has 0 saturated carbocycles. The van der Waals surface area contributed by atoms with Crippen molar-refractivity contribution in [2.75, 3.05) is 6.54 Å². The molecule has 0 aromatic carbocycles. The normalized spacial score (nSPS) is 25.0. The second-order valence-electron chi connectivity index (χ2n) is 4.20. The van der Waals surface area contributed by atoms with Gasteiger partial charge < -0.3 is 10.6 Å². The van der Waals surface area contributed by atoms with Crippen molar-refractivity contribution in [1.29, 1.82) is 0 Å². The Hall–Kier alpha value is -1.43. The van der Waals surface area contributed by atoms with Crippen LogP contribution in [0.3, 0.4) is 0 Å². The topological polar surface area (TPSA) is 92.5 Å². The maximum Gasteiger partial charge on any atom is 0.249 e. The zero-order valence-electron chi connectivity index (χ0n) is 9.69. The number of nitrogens with zero attached hydrogens (tertiary/aromatic N) is 1. The summed E-state index contributed by atoms with van der Waals surface area (Å²) >= 11 is 0. The zero-order valence-corrected chi connectivity index (χ0v) is 9.69. The number of hydrogen-bond acceptors (Lipinski definition) is 4. The van der Waals surface area contributed by atoms with Crippen molar-refractivity contribution < 1.29 is 14.4 Å². The van der Waals surface area contributed by atoms with E-state index in [1.165, 1.54) is 4.90 Å². The highest BCUT2D eigenvalue weighted by molar-refractivity contribution is 6.04. The molecule has 6 heteroatoms. The van der Waals surface area contributed by atoms with Crippen molar-refractivity contribution in [3.8, 4) is 0 Å². The van der Waals surface area contributed by atoms with Crippen LogP contribution in [0.5, 0.6) is 0 Å². The zero-order chi connectivity index (χ0) is 12.5. The van der Waals surface area contributed by atoms with E-state index in [9.17, 15) is 14.4 Å². The van der Waals surface area contributed by atoms with Crippen molar-refractivity contribution in [1.82, 2.24) is 10.2 Å². The van der Waals surface area contributed by atoms with Crippen LogP contribution in [-0.4, -0.2) is 41.2 Å². The highest BCUT2D eigenvalue weighted by Gasteiger charge is 2.35. The Labute approximate surface area is 94.2 Å². The van der Waals surface area contributed by atoms with Crippen molar-refractivity contribution in [2.45, 2.75) is 32.9 Å². The molecule has 6 nitrogen and oxygen atoms in total. The molecule has 0 aromatic rings. The van der Waals surface area contributed by atoms with Crippen LogP contribution >= 0.6 is 0 Å². The van der Waals surface area contributed by atoms with E-state index in [4.69, 9.17) is 5.73 Å². The second-order valence-corrected chi connectivity index (χ2v) is 4.20. The Morgan fingerprint density at radius 1 is 1.50 bits per heavy atom. The lowest BCUT2D eigenvalue weighted by Crippen LogP contribution is -2.60. The third kappa shape index (κ3) is 2.38. The first-order valence-electron chi connectivity index (χ1n) is 5.24. The van der Waals surface area contributed by atoms with Gasteiger partial charge in [0.25, 0.3) is 0 Å². The average Bonchev–Trinajstić information content (AvgIpc) is 2.21. The molecule has 0 spiro atoms. The van der Waals surface area contributed by atoms with Gasteiger partial charge in [0.2, 0.25) is 17.7 Å². The number of imide groups is 1. The quantitative estimate of drug-likeness (QED) is 0.582. The molecule has 1 aliphatic rings. The summed E-state index contributed by atoms with van der Waals surface area (Å²) in [5, 5.41) is 2.18. The lowest BCUT2D eigenvalue weighted by Gasteiger charge is -2.34. The Kier molecular flexibility index (Phi) is 3.64. The fraction of sp³-hybridized carbons (Fsp3) is 0.700. The second kappa shape index (κ2) is 4.61. The van der Waals surface area contributed by atoms with Crippen LogP contribution in [0.1, 0.15) is 20.8 Å². The SMILES string of the molecule is CC(N)C(C)C(=O)N1CC(=O)NC(=O)C1C. The van der Waals surface area contributed by atoms with Gasteiger partial charge in [-0.05, 0) is 13.8 Å². The Bertz CT molecular complexity index is 327. The Balaban J connectivity index is 2.82. The van der Waals surface area contributed by atoms with Crippen LogP contribution in [0.25, 0.3) is 0 Å². The first kappa shape index (κ1) is 12.6. The highest BCUT2D eigenvalue weighted by atomic mass is 16.2. The molecule has 3 amide bonds.